The number of alkyl halides is 3. The number of hydrogen-bond donors (Lipinski definition) is 4. The van der Waals surface area contributed by atoms with Crippen LogP contribution in [-0.2, 0) is 24.6 Å². The van der Waals surface area contributed by atoms with Gasteiger partial charge in [0.25, 0.3) is 25.8 Å². The van der Waals surface area contributed by atoms with E-state index in [1.54, 1.807) is 12.1 Å². The van der Waals surface area contributed by atoms with E-state index in [9.17, 15) is 45.0 Å². The molecule has 2 aliphatic rings. The Morgan fingerprint density at radius 3 is 2.24 bits per heavy atom. The molecule has 1 amide bonds. The number of sulfonamides is 1. The molecule has 0 aromatic heterocycles. The topological polar surface area (TPSA) is 166 Å². The summed E-state index contributed by atoms with van der Waals surface area (Å²) in [4.78, 5) is 16.1. The van der Waals surface area contributed by atoms with Crippen LogP contribution in [0.3, 0.4) is 0 Å². The average Bonchev–Trinajstić information content (AvgIpc) is 3.32. The number of aliphatic hydroxyl groups is 2. The zero-order valence-corrected chi connectivity index (χ0v) is 38.8. The largest absolute Gasteiger partial charge is 0.501 e. The summed E-state index contributed by atoms with van der Waals surface area (Å²) in [6, 6.07) is 31.9. The van der Waals surface area contributed by atoms with Gasteiger partial charge in [-0.05, 0) is 109 Å². The number of nitrogens with zero attached hydrogens (tertiary/aromatic N) is 2. The van der Waals surface area contributed by atoms with Crippen LogP contribution < -0.4 is 14.9 Å². The van der Waals surface area contributed by atoms with E-state index < -0.39 is 58.9 Å². The van der Waals surface area contributed by atoms with Crippen molar-refractivity contribution in [3.05, 3.63) is 137 Å². The number of benzene rings is 5. The van der Waals surface area contributed by atoms with Gasteiger partial charge in [-0.25, -0.2) is 21.6 Å². The molecule has 0 aliphatic carbocycles. The van der Waals surface area contributed by atoms with E-state index in [0.29, 0.717) is 75.5 Å². The second kappa shape index (κ2) is 21.5. The summed E-state index contributed by atoms with van der Waals surface area (Å²) in [5.74, 6) is -0.810. The molecule has 0 unspecified atom stereocenters. The molecule has 12 nitrogen and oxygen atoms in total. The van der Waals surface area contributed by atoms with Crippen LogP contribution in [0.5, 0.6) is 0 Å². The lowest BCUT2D eigenvalue weighted by molar-refractivity contribution is -0.0435. The van der Waals surface area contributed by atoms with E-state index >= 15 is 0 Å². The normalized spacial score (nSPS) is 17.5. The molecule has 2 heterocycles. The molecule has 2 aliphatic heterocycles. The molecule has 19 heteroatoms. The van der Waals surface area contributed by atoms with Crippen molar-refractivity contribution in [1.29, 1.82) is 0 Å². The number of thioether (sulfide) groups is 1. The Morgan fingerprint density at radius 2 is 1.56 bits per heavy atom. The number of rotatable bonds is 17. The highest BCUT2D eigenvalue weighted by atomic mass is 35.5. The molecular weight excluding hydrogens is 937 g/mol. The summed E-state index contributed by atoms with van der Waals surface area (Å²) in [5.41, 5.74) is -2.86. The van der Waals surface area contributed by atoms with Crippen LogP contribution in [0.2, 0.25) is 5.02 Å². The molecule has 5 aromatic rings. The van der Waals surface area contributed by atoms with Gasteiger partial charge in [0, 0.05) is 59.1 Å². The maximum absolute atomic E-state index is 14.2. The fraction of sp³-hybridized carbons (Fsp3) is 0.340. The minimum atomic E-state index is -6.11. The van der Waals surface area contributed by atoms with Crippen molar-refractivity contribution in [2.75, 3.05) is 62.0 Å². The Hall–Kier alpha value is -4.66. The molecule has 7 rings (SSSR count). The van der Waals surface area contributed by atoms with E-state index in [-0.39, 0.29) is 24.1 Å². The number of hydrogen-bond acceptors (Lipinski definition) is 12. The van der Waals surface area contributed by atoms with Crippen LogP contribution in [0.15, 0.2) is 136 Å². The SMILES string of the molecule is O=C(NS(=O)(=O)c1ccc(N[C@H](CCN2CCOC[C@H]2CO)CSc2ccccc2)c(S(=O)(=O)C(F)(F)F)c1)c1ccc(N2CCC([C@H](O)c3ccccc3-c3ccc(Cl)cc3)CC2)cc1. The molecule has 3 atom stereocenters. The van der Waals surface area contributed by atoms with Crippen molar-refractivity contribution < 1.29 is 49.8 Å². The first-order valence-electron chi connectivity index (χ1n) is 21.3. The lowest BCUT2D eigenvalue weighted by atomic mass is 9.84. The predicted octanol–water partition coefficient (Wildman–Crippen LogP) is 8.03. The Kier molecular flexibility index (Phi) is 16.1. The van der Waals surface area contributed by atoms with Crippen LogP contribution in [0.1, 0.15) is 41.3 Å². The Morgan fingerprint density at radius 1 is 0.879 bits per heavy atom. The summed E-state index contributed by atoms with van der Waals surface area (Å²) in [6.07, 6.45) is 0.948. The van der Waals surface area contributed by atoms with E-state index in [2.05, 4.69) is 10.2 Å². The van der Waals surface area contributed by atoms with Crippen LogP contribution in [0, 0.1) is 5.92 Å². The van der Waals surface area contributed by atoms with Crippen molar-refractivity contribution in [2.24, 2.45) is 5.92 Å². The Bertz CT molecular complexity index is 2660. The van der Waals surface area contributed by atoms with Crippen molar-refractivity contribution in [3.63, 3.8) is 0 Å². The lowest BCUT2D eigenvalue weighted by Crippen LogP contribution is -2.48. The smallest absolute Gasteiger partial charge is 0.395 e. The maximum atomic E-state index is 14.2. The first kappa shape index (κ1) is 49.3. The number of sulfone groups is 1. The van der Waals surface area contributed by atoms with Gasteiger partial charge in [-0.1, -0.05) is 66.2 Å². The molecule has 0 bridgehead atoms. The van der Waals surface area contributed by atoms with Crippen LogP contribution in [0.4, 0.5) is 24.5 Å². The van der Waals surface area contributed by atoms with Crippen molar-refractivity contribution in [3.8, 4) is 11.1 Å². The number of aliphatic hydroxyl groups excluding tert-OH is 2. The van der Waals surface area contributed by atoms with Gasteiger partial charge in [-0.15, -0.1) is 11.8 Å². The number of morpholine rings is 1. The predicted molar refractivity (Wildman–Crippen MR) is 250 cm³/mol. The van der Waals surface area contributed by atoms with Gasteiger partial charge in [0.05, 0.1) is 42.5 Å². The molecule has 352 valence electrons. The number of piperidine rings is 1. The molecule has 4 N–H and O–H groups in total. The van der Waals surface area contributed by atoms with Crippen LogP contribution >= 0.6 is 23.4 Å². The van der Waals surface area contributed by atoms with Gasteiger partial charge in [0.15, 0.2) is 0 Å². The molecule has 0 saturated carbocycles. The zero-order valence-electron chi connectivity index (χ0n) is 35.6. The van der Waals surface area contributed by atoms with Gasteiger partial charge < -0.3 is 25.2 Å². The van der Waals surface area contributed by atoms with Crippen LogP contribution in [-0.4, -0.2) is 107 Å². The van der Waals surface area contributed by atoms with Crippen LogP contribution in [0.25, 0.3) is 11.1 Å². The third-order valence-corrected chi connectivity index (χ3v) is 16.2. The summed E-state index contributed by atoms with van der Waals surface area (Å²) in [6.45, 7) is 2.66. The fourth-order valence-corrected chi connectivity index (χ4v) is 11.3. The summed E-state index contributed by atoms with van der Waals surface area (Å²) in [7, 11) is -11.0. The van der Waals surface area contributed by atoms with Crippen molar-refractivity contribution in [2.45, 2.75) is 57.6 Å². The number of halogens is 4. The molecular formula is C47H50ClF3N4O8S3. The van der Waals surface area contributed by atoms with E-state index in [4.69, 9.17) is 16.3 Å². The number of ether oxygens (including phenoxy) is 1. The highest BCUT2D eigenvalue weighted by molar-refractivity contribution is 7.99. The first-order chi connectivity index (χ1) is 31.5. The number of carbonyl (C=O) groups is 1. The third-order valence-electron chi connectivity index (χ3n) is 11.9. The molecule has 0 radical (unpaired) electrons. The molecule has 2 fully saturated rings. The van der Waals surface area contributed by atoms with Gasteiger partial charge in [0.1, 0.15) is 4.90 Å². The van der Waals surface area contributed by atoms with Gasteiger partial charge in [-0.3, -0.25) is 9.69 Å². The second-order valence-corrected chi connectivity index (χ2v) is 21.3. The summed E-state index contributed by atoms with van der Waals surface area (Å²) >= 11 is 7.49. The quantitative estimate of drug-likeness (QED) is 0.0665. The summed E-state index contributed by atoms with van der Waals surface area (Å²) in [5, 5.41) is 24.9. The molecule has 5 aromatic carbocycles. The minimum absolute atomic E-state index is 0.0256. The number of carbonyl (C=O) groups excluding carboxylic acids is 1. The Labute approximate surface area is 392 Å². The first-order valence-corrected chi connectivity index (χ1v) is 25.6. The fourth-order valence-electron chi connectivity index (χ4n) is 8.18. The third kappa shape index (κ3) is 11.9. The van der Waals surface area contributed by atoms with E-state index in [0.717, 1.165) is 39.4 Å². The molecule has 66 heavy (non-hydrogen) atoms. The number of anilines is 2. The molecule has 0 spiro atoms. The maximum Gasteiger partial charge on any atom is 0.501 e. The lowest BCUT2D eigenvalue weighted by Gasteiger charge is -2.36. The van der Waals surface area contributed by atoms with Crippen molar-refractivity contribution in [1.82, 2.24) is 9.62 Å². The number of nitrogens with one attached hydrogen (secondary N) is 2. The Balaban J connectivity index is 1.03. The second-order valence-electron chi connectivity index (χ2n) is 16.2. The highest BCUT2D eigenvalue weighted by Gasteiger charge is 2.48. The minimum Gasteiger partial charge on any atom is -0.395 e. The number of amides is 1. The van der Waals surface area contributed by atoms with Crippen molar-refractivity contribution >= 4 is 60.5 Å². The highest BCUT2D eigenvalue weighted by Crippen LogP contribution is 2.39. The van der Waals surface area contributed by atoms with E-state index in [1.165, 1.54) is 23.9 Å². The monoisotopic (exact) mass is 986 g/mol. The van der Waals surface area contributed by atoms with Gasteiger partial charge in [0.2, 0.25) is 0 Å². The zero-order chi connectivity index (χ0) is 47.1. The van der Waals surface area contributed by atoms with Gasteiger partial charge in [-0.2, -0.15) is 13.2 Å². The molecule has 2 saturated heterocycles. The standard InChI is InChI=1S/C47H50ClF3N4O8S3/c48-35-14-10-32(11-15-35)41-8-4-5-9-42(41)45(57)33-20-23-54(24-21-33)37-16-12-34(13-17-37)46(58)53-66(61,62)40-18-19-43(44(28-40)65(59,60)47(49,50)51)52-36(31-64-39-6-2-1-3-7-39)22-25-55-26-27-63-30-38(55)29-56/h1-19,28,33,36,38,45,52,56-57H,20-27,29-31H2,(H,53,58)/t36-,38-,45+/m1/s1. The van der Waals surface area contributed by atoms with Gasteiger partial charge >= 0.3 is 5.51 Å². The average molecular weight is 988 g/mol. The summed E-state index contributed by atoms with van der Waals surface area (Å²) < 4.78 is 103. The van der Waals surface area contributed by atoms with E-state index in [1.807, 2.05) is 88.5 Å².